The van der Waals surface area contributed by atoms with Crippen LogP contribution in [-0.2, 0) is 16.0 Å². The zero-order valence-electron chi connectivity index (χ0n) is 14.5. The van der Waals surface area contributed by atoms with Gasteiger partial charge in [0, 0.05) is 12.4 Å². The van der Waals surface area contributed by atoms with Gasteiger partial charge in [0.15, 0.2) is 5.16 Å². The van der Waals surface area contributed by atoms with Crippen LogP contribution in [0.3, 0.4) is 0 Å². The van der Waals surface area contributed by atoms with Gasteiger partial charge in [0.1, 0.15) is 0 Å². The third-order valence-corrected chi connectivity index (χ3v) is 5.37. The van der Waals surface area contributed by atoms with Gasteiger partial charge < -0.3 is 9.47 Å². The van der Waals surface area contributed by atoms with Crippen LogP contribution in [0.4, 0.5) is 0 Å². The summed E-state index contributed by atoms with van der Waals surface area (Å²) in [5.74, 6) is 0.440. The first-order valence-electron chi connectivity index (χ1n) is 8.51. The number of rotatable bonds is 6. The highest BCUT2D eigenvalue weighted by molar-refractivity contribution is 7.99. The molecule has 3 rings (SSSR count). The van der Waals surface area contributed by atoms with Gasteiger partial charge in [-0.1, -0.05) is 18.7 Å². The molecule has 0 bridgehead atoms. The summed E-state index contributed by atoms with van der Waals surface area (Å²) < 4.78 is 12.2. The maximum absolute atomic E-state index is 13.0. The van der Waals surface area contributed by atoms with Crippen LogP contribution in [0, 0.1) is 0 Å². The molecule has 0 radical (unpaired) electrons. The van der Waals surface area contributed by atoms with Gasteiger partial charge in [-0.3, -0.25) is 9.36 Å². The average Bonchev–Trinajstić information content (AvgIpc) is 3.14. The third-order valence-electron chi connectivity index (χ3n) is 4.19. The Morgan fingerprint density at radius 1 is 1.48 bits per heavy atom. The van der Waals surface area contributed by atoms with E-state index >= 15 is 0 Å². The molecule has 2 heterocycles. The van der Waals surface area contributed by atoms with Crippen LogP contribution in [0.1, 0.15) is 36.5 Å². The normalized spacial score (nSPS) is 17.1. The summed E-state index contributed by atoms with van der Waals surface area (Å²) in [6.45, 7) is 3.36. The first kappa shape index (κ1) is 17.9. The number of hydrogen-bond acceptors (Lipinski definition) is 6. The molecular weight excluding hydrogens is 340 g/mol. The van der Waals surface area contributed by atoms with Crippen molar-refractivity contribution in [3.05, 3.63) is 34.1 Å². The number of carbonyl (C=O) groups excluding carboxylic acids is 1. The number of fused-ring (bicyclic) bond motifs is 1. The minimum absolute atomic E-state index is 0.0623. The average molecular weight is 362 g/mol. The van der Waals surface area contributed by atoms with E-state index in [4.69, 9.17) is 9.47 Å². The van der Waals surface area contributed by atoms with E-state index in [2.05, 4.69) is 11.9 Å². The number of methoxy groups -OCH3 is 1. The van der Waals surface area contributed by atoms with Gasteiger partial charge in [0.25, 0.3) is 5.56 Å². The smallest absolute Gasteiger partial charge is 0.337 e. The molecule has 134 valence electrons. The predicted octanol–water partition coefficient (Wildman–Crippen LogP) is 2.86. The van der Waals surface area contributed by atoms with Crippen LogP contribution in [0.15, 0.2) is 28.2 Å². The van der Waals surface area contributed by atoms with Crippen LogP contribution >= 0.6 is 11.8 Å². The molecule has 0 spiro atoms. The molecule has 0 saturated carbocycles. The highest BCUT2D eigenvalue weighted by Crippen LogP contribution is 2.22. The lowest BCUT2D eigenvalue weighted by Gasteiger charge is -2.16. The first-order valence-corrected chi connectivity index (χ1v) is 9.50. The van der Waals surface area contributed by atoms with Gasteiger partial charge in [0.05, 0.1) is 36.2 Å². The Morgan fingerprint density at radius 2 is 2.32 bits per heavy atom. The molecule has 0 N–H and O–H groups in total. The Labute approximate surface area is 150 Å². The largest absolute Gasteiger partial charge is 0.465 e. The highest BCUT2D eigenvalue weighted by atomic mass is 32.2. The second kappa shape index (κ2) is 8.01. The van der Waals surface area contributed by atoms with E-state index in [-0.39, 0.29) is 11.7 Å². The van der Waals surface area contributed by atoms with E-state index in [1.807, 2.05) is 0 Å². The van der Waals surface area contributed by atoms with Crippen molar-refractivity contribution in [1.82, 2.24) is 9.55 Å². The lowest BCUT2D eigenvalue weighted by atomic mass is 10.1. The molecule has 1 atom stereocenters. The fourth-order valence-electron chi connectivity index (χ4n) is 2.90. The van der Waals surface area contributed by atoms with Gasteiger partial charge in [-0.2, -0.15) is 0 Å². The van der Waals surface area contributed by atoms with Gasteiger partial charge in [0.2, 0.25) is 0 Å². The molecule has 1 aliphatic heterocycles. The van der Waals surface area contributed by atoms with Crippen molar-refractivity contribution in [1.29, 1.82) is 0 Å². The maximum atomic E-state index is 13.0. The number of carbonyl (C=O) groups is 1. The summed E-state index contributed by atoms with van der Waals surface area (Å²) in [6, 6.07) is 4.87. The van der Waals surface area contributed by atoms with Gasteiger partial charge in [-0.25, -0.2) is 9.78 Å². The topological polar surface area (TPSA) is 70.4 Å². The molecular formula is C18H22N2O4S. The monoisotopic (exact) mass is 362 g/mol. The fraction of sp³-hybridized carbons (Fsp3) is 0.500. The minimum Gasteiger partial charge on any atom is -0.465 e. The first-order chi connectivity index (χ1) is 12.1. The quantitative estimate of drug-likeness (QED) is 0.447. The van der Waals surface area contributed by atoms with Crippen LogP contribution in [-0.4, -0.2) is 41.1 Å². The van der Waals surface area contributed by atoms with E-state index in [1.165, 1.54) is 7.11 Å². The molecule has 0 aliphatic carbocycles. The number of ether oxygens (including phenoxy) is 2. The third kappa shape index (κ3) is 3.88. The van der Waals surface area contributed by atoms with E-state index in [0.29, 0.717) is 28.2 Å². The Hall–Kier alpha value is -1.86. The number of thioether (sulfide) groups is 1. The van der Waals surface area contributed by atoms with Crippen molar-refractivity contribution >= 4 is 28.6 Å². The van der Waals surface area contributed by atoms with Gasteiger partial charge >= 0.3 is 5.97 Å². The van der Waals surface area contributed by atoms with Gasteiger partial charge in [-0.05, 0) is 37.5 Å². The SMILES string of the molecule is CCCSc1nc2cc(C(=O)OC)ccc2c(=O)n1C[C@H]1CCCO1. The Morgan fingerprint density at radius 3 is 3.00 bits per heavy atom. The Bertz CT molecular complexity index is 828. The summed E-state index contributed by atoms with van der Waals surface area (Å²) >= 11 is 1.56. The van der Waals surface area contributed by atoms with Crippen molar-refractivity contribution < 1.29 is 14.3 Å². The molecule has 2 aromatic rings. The molecule has 0 amide bonds. The number of esters is 1. The standard InChI is InChI=1S/C18H22N2O4S/c1-3-9-25-18-19-15-10-12(17(22)23-2)6-7-14(15)16(21)20(18)11-13-5-4-8-24-13/h6-7,10,13H,3-5,8-9,11H2,1-2H3/t13-/m1/s1. The van der Waals surface area contributed by atoms with Gasteiger partial charge in [-0.15, -0.1) is 0 Å². The number of nitrogens with zero attached hydrogens (tertiary/aromatic N) is 2. The zero-order valence-corrected chi connectivity index (χ0v) is 15.3. The maximum Gasteiger partial charge on any atom is 0.337 e. The van der Waals surface area contributed by atoms with Crippen LogP contribution < -0.4 is 5.56 Å². The minimum atomic E-state index is -0.435. The Balaban J connectivity index is 2.07. The highest BCUT2D eigenvalue weighted by Gasteiger charge is 2.20. The van der Waals surface area contributed by atoms with E-state index in [9.17, 15) is 9.59 Å². The van der Waals surface area contributed by atoms with Crippen molar-refractivity contribution in [2.75, 3.05) is 19.5 Å². The molecule has 6 nitrogen and oxygen atoms in total. The Kier molecular flexibility index (Phi) is 5.75. The van der Waals surface area contributed by atoms with Crippen molar-refractivity contribution in [2.45, 2.75) is 44.0 Å². The molecule has 1 aliphatic rings. The second-order valence-corrected chi connectivity index (χ2v) is 7.08. The number of aromatic nitrogens is 2. The zero-order chi connectivity index (χ0) is 17.8. The molecule has 1 aromatic heterocycles. The molecule has 1 fully saturated rings. The lowest BCUT2D eigenvalue weighted by molar-refractivity contribution is 0.0601. The van der Waals surface area contributed by atoms with Crippen molar-refractivity contribution in [3.63, 3.8) is 0 Å². The predicted molar refractivity (Wildman–Crippen MR) is 97.3 cm³/mol. The van der Waals surface area contributed by atoms with Crippen LogP contribution in [0.2, 0.25) is 0 Å². The molecule has 1 aromatic carbocycles. The summed E-state index contributed by atoms with van der Waals surface area (Å²) in [5, 5.41) is 1.18. The van der Waals surface area contributed by atoms with E-state index < -0.39 is 5.97 Å². The molecule has 7 heteroatoms. The summed E-state index contributed by atoms with van der Waals surface area (Å²) in [5.41, 5.74) is 0.829. The van der Waals surface area contributed by atoms with Crippen LogP contribution in [0.5, 0.6) is 0 Å². The summed E-state index contributed by atoms with van der Waals surface area (Å²) in [6.07, 6.45) is 3.04. The lowest BCUT2D eigenvalue weighted by Crippen LogP contribution is -2.29. The second-order valence-electron chi connectivity index (χ2n) is 6.02. The van der Waals surface area contributed by atoms with E-state index in [1.54, 1.807) is 34.5 Å². The van der Waals surface area contributed by atoms with E-state index in [0.717, 1.165) is 31.6 Å². The summed E-state index contributed by atoms with van der Waals surface area (Å²) in [4.78, 5) is 29.4. The van der Waals surface area contributed by atoms with Crippen molar-refractivity contribution in [2.24, 2.45) is 0 Å². The van der Waals surface area contributed by atoms with Crippen molar-refractivity contribution in [3.8, 4) is 0 Å². The molecule has 1 saturated heterocycles. The number of hydrogen-bond donors (Lipinski definition) is 0. The van der Waals surface area contributed by atoms with Crippen LogP contribution in [0.25, 0.3) is 10.9 Å². The number of benzene rings is 1. The molecule has 25 heavy (non-hydrogen) atoms. The summed E-state index contributed by atoms with van der Waals surface area (Å²) in [7, 11) is 1.34. The fourth-order valence-corrected chi connectivity index (χ4v) is 3.76. The molecule has 0 unspecified atom stereocenters.